The van der Waals surface area contributed by atoms with E-state index in [9.17, 15) is 4.79 Å². The number of hydrogen-bond donors (Lipinski definition) is 2. The SMILES string of the molecule is CC1CCC([C@@H](N)CC(=O)O)O1. The number of carboxylic acids is 1. The summed E-state index contributed by atoms with van der Waals surface area (Å²) in [7, 11) is 0. The van der Waals surface area contributed by atoms with Gasteiger partial charge in [-0.1, -0.05) is 0 Å². The predicted molar refractivity (Wildman–Crippen MR) is 43.8 cm³/mol. The predicted octanol–water partition coefficient (Wildman–Crippen LogP) is 0.356. The minimum absolute atomic E-state index is 0.00259. The lowest BCUT2D eigenvalue weighted by molar-refractivity contribution is -0.138. The Hall–Kier alpha value is -0.610. The summed E-state index contributed by atoms with van der Waals surface area (Å²) in [6, 6.07) is -0.354. The Morgan fingerprint density at radius 1 is 1.75 bits per heavy atom. The molecule has 1 heterocycles. The molecule has 0 bridgehead atoms. The van der Waals surface area contributed by atoms with Crippen LogP contribution in [0.1, 0.15) is 26.2 Å². The summed E-state index contributed by atoms with van der Waals surface area (Å²) in [6.07, 6.45) is 2.04. The maximum atomic E-state index is 10.3. The van der Waals surface area contributed by atoms with Crippen LogP contribution in [-0.2, 0) is 9.53 Å². The van der Waals surface area contributed by atoms with Gasteiger partial charge in [0.1, 0.15) is 0 Å². The van der Waals surface area contributed by atoms with Crippen LogP contribution < -0.4 is 5.73 Å². The van der Waals surface area contributed by atoms with E-state index in [1.54, 1.807) is 0 Å². The molecule has 0 amide bonds. The van der Waals surface area contributed by atoms with Gasteiger partial charge in [-0.05, 0) is 19.8 Å². The van der Waals surface area contributed by atoms with Crippen molar-refractivity contribution in [3.63, 3.8) is 0 Å². The van der Waals surface area contributed by atoms with Gasteiger partial charge in [0.05, 0.1) is 18.6 Å². The Morgan fingerprint density at radius 2 is 2.42 bits per heavy atom. The summed E-state index contributed by atoms with van der Waals surface area (Å²) in [4.78, 5) is 10.3. The maximum absolute atomic E-state index is 10.3. The van der Waals surface area contributed by atoms with Crippen LogP contribution in [0.3, 0.4) is 0 Å². The third-order valence-corrected chi connectivity index (χ3v) is 2.15. The van der Waals surface area contributed by atoms with Crippen molar-refractivity contribution in [1.82, 2.24) is 0 Å². The minimum Gasteiger partial charge on any atom is -0.481 e. The first kappa shape index (κ1) is 9.48. The van der Waals surface area contributed by atoms with Crippen LogP contribution in [0.2, 0.25) is 0 Å². The molecule has 12 heavy (non-hydrogen) atoms. The molecule has 4 heteroatoms. The lowest BCUT2D eigenvalue weighted by Gasteiger charge is -2.17. The zero-order valence-corrected chi connectivity index (χ0v) is 7.19. The highest BCUT2D eigenvalue weighted by molar-refractivity contribution is 5.67. The highest BCUT2D eigenvalue weighted by Gasteiger charge is 2.28. The third kappa shape index (κ3) is 2.46. The molecule has 0 radical (unpaired) electrons. The van der Waals surface area contributed by atoms with E-state index in [0.29, 0.717) is 0 Å². The van der Waals surface area contributed by atoms with Gasteiger partial charge in [0, 0.05) is 6.04 Å². The summed E-state index contributed by atoms with van der Waals surface area (Å²) in [5.74, 6) is -0.856. The fraction of sp³-hybridized carbons (Fsp3) is 0.875. The molecule has 4 nitrogen and oxygen atoms in total. The molecule has 0 aromatic rings. The second-order valence-corrected chi connectivity index (χ2v) is 3.32. The summed E-state index contributed by atoms with van der Waals surface area (Å²) < 4.78 is 5.44. The largest absolute Gasteiger partial charge is 0.481 e. The van der Waals surface area contributed by atoms with E-state index in [2.05, 4.69) is 0 Å². The normalized spacial score (nSPS) is 31.8. The second-order valence-electron chi connectivity index (χ2n) is 3.32. The van der Waals surface area contributed by atoms with Gasteiger partial charge in [0.15, 0.2) is 0 Å². The highest BCUT2D eigenvalue weighted by Crippen LogP contribution is 2.21. The van der Waals surface area contributed by atoms with Crippen molar-refractivity contribution >= 4 is 5.97 Å². The zero-order valence-electron chi connectivity index (χ0n) is 7.19. The van der Waals surface area contributed by atoms with E-state index >= 15 is 0 Å². The first-order valence-corrected chi connectivity index (χ1v) is 4.22. The number of rotatable bonds is 3. The summed E-state index contributed by atoms with van der Waals surface area (Å²) >= 11 is 0. The van der Waals surface area contributed by atoms with Gasteiger partial charge >= 0.3 is 5.97 Å². The van der Waals surface area contributed by atoms with E-state index in [1.807, 2.05) is 6.92 Å². The average molecular weight is 173 g/mol. The lowest BCUT2D eigenvalue weighted by Crippen LogP contribution is -2.36. The molecule has 0 aromatic carbocycles. The third-order valence-electron chi connectivity index (χ3n) is 2.15. The molecule has 0 spiro atoms. The van der Waals surface area contributed by atoms with Crippen molar-refractivity contribution in [3.05, 3.63) is 0 Å². The van der Waals surface area contributed by atoms with Crippen molar-refractivity contribution in [3.8, 4) is 0 Å². The van der Waals surface area contributed by atoms with Crippen molar-refractivity contribution in [1.29, 1.82) is 0 Å². The molecule has 3 N–H and O–H groups in total. The second kappa shape index (κ2) is 3.87. The van der Waals surface area contributed by atoms with Gasteiger partial charge in [-0.2, -0.15) is 0 Å². The molecule has 3 atom stereocenters. The van der Waals surface area contributed by atoms with Crippen LogP contribution in [0, 0.1) is 0 Å². The number of carboxylic acid groups (broad SMARTS) is 1. The van der Waals surface area contributed by atoms with Gasteiger partial charge in [0.25, 0.3) is 0 Å². The number of nitrogens with two attached hydrogens (primary N) is 1. The molecule has 1 aliphatic heterocycles. The Labute approximate surface area is 71.7 Å². The van der Waals surface area contributed by atoms with Crippen molar-refractivity contribution in [2.24, 2.45) is 5.73 Å². The van der Waals surface area contributed by atoms with Crippen LogP contribution >= 0.6 is 0 Å². The van der Waals surface area contributed by atoms with Gasteiger partial charge in [-0.3, -0.25) is 4.79 Å². The number of carbonyl (C=O) groups is 1. The van der Waals surface area contributed by atoms with E-state index in [0.717, 1.165) is 12.8 Å². The first-order chi connectivity index (χ1) is 5.59. The molecule has 70 valence electrons. The quantitative estimate of drug-likeness (QED) is 0.646. The molecule has 1 saturated heterocycles. The van der Waals surface area contributed by atoms with Crippen molar-refractivity contribution < 1.29 is 14.6 Å². The summed E-state index contributed by atoms with van der Waals surface area (Å²) in [6.45, 7) is 1.98. The summed E-state index contributed by atoms with van der Waals surface area (Å²) in [5.41, 5.74) is 5.64. The standard InChI is InChI=1S/C8H15NO3/c1-5-2-3-7(12-5)6(9)4-8(10)11/h5-7H,2-4,9H2,1H3,(H,10,11)/t5?,6-,7?/m0/s1. The molecule has 0 aliphatic carbocycles. The van der Waals surface area contributed by atoms with Gasteiger partial charge in [-0.15, -0.1) is 0 Å². The van der Waals surface area contributed by atoms with Crippen molar-refractivity contribution in [2.45, 2.75) is 44.4 Å². The van der Waals surface area contributed by atoms with Gasteiger partial charge < -0.3 is 15.6 Å². The van der Waals surface area contributed by atoms with Crippen LogP contribution in [0.15, 0.2) is 0 Å². The average Bonchev–Trinajstić information content (AvgIpc) is 2.34. The van der Waals surface area contributed by atoms with Crippen molar-refractivity contribution in [2.75, 3.05) is 0 Å². The highest BCUT2D eigenvalue weighted by atomic mass is 16.5. The van der Waals surface area contributed by atoms with Crippen LogP contribution in [0.4, 0.5) is 0 Å². The minimum atomic E-state index is -0.856. The Kier molecular flexibility index (Phi) is 3.05. The molecular weight excluding hydrogens is 158 g/mol. The van der Waals surface area contributed by atoms with E-state index in [-0.39, 0.29) is 24.7 Å². The van der Waals surface area contributed by atoms with Crippen LogP contribution in [0.5, 0.6) is 0 Å². The Morgan fingerprint density at radius 3 is 2.83 bits per heavy atom. The van der Waals surface area contributed by atoms with Crippen LogP contribution in [0.25, 0.3) is 0 Å². The zero-order chi connectivity index (χ0) is 9.14. The van der Waals surface area contributed by atoms with Gasteiger partial charge in [0.2, 0.25) is 0 Å². The summed E-state index contributed by atoms with van der Waals surface area (Å²) in [5, 5.41) is 8.47. The van der Waals surface area contributed by atoms with Gasteiger partial charge in [-0.25, -0.2) is 0 Å². The number of aliphatic carboxylic acids is 1. The Bertz CT molecular complexity index is 172. The number of ether oxygens (including phenoxy) is 1. The fourth-order valence-electron chi connectivity index (χ4n) is 1.48. The van der Waals surface area contributed by atoms with Crippen LogP contribution in [-0.4, -0.2) is 29.3 Å². The van der Waals surface area contributed by atoms with E-state index in [4.69, 9.17) is 15.6 Å². The molecule has 0 saturated carbocycles. The molecule has 2 unspecified atom stereocenters. The van der Waals surface area contributed by atoms with E-state index in [1.165, 1.54) is 0 Å². The first-order valence-electron chi connectivity index (χ1n) is 4.22. The maximum Gasteiger partial charge on any atom is 0.305 e. The topological polar surface area (TPSA) is 72.6 Å². The smallest absolute Gasteiger partial charge is 0.305 e. The molecule has 1 aliphatic rings. The monoisotopic (exact) mass is 173 g/mol. The molecule has 1 fully saturated rings. The Balaban J connectivity index is 2.32. The molecule has 0 aromatic heterocycles. The fourth-order valence-corrected chi connectivity index (χ4v) is 1.48. The molecular formula is C8H15NO3. The molecule has 1 rings (SSSR count). The lowest BCUT2D eigenvalue weighted by atomic mass is 10.1. The number of hydrogen-bond acceptors (Lipinski definition) is 3. The van der Waals surface area contributed by atoms with E-state index < -0.39 is 5.97 Å².